The lowest BCUT2D eigenvalue weighted by atomic mass is 9.97. The van der Waals surface area contributed by atoms with Crippen molar-refractivity contribution in [3.05, 3.63) is 77.7 Å². The standard InChI is InChI=1S/C18H17NOS/c1-3-8-14(9-4-2)17(20)16-15(12-21-18(16)19)13-10-6-5-7-11-13/h3-12H,1,19H2,2H3/b9-4-,14-8+. The van der Waals surface area contributed by atoms with Crippen molar-refractivity contribution in [1.82, 2.24) is 0 Å². The van der Waals surface area contributed by atoms with E-state index in [0.29, 0.717) is 16.1 Å². The maximum absolute atomic E-state index is 12.8. The minimum Gasteiger partial charge on any atom is -0.390 e. The van der Waals surface area contributed by atoms with Crippen LogP contribution in [0.15, 0.2) is 72.2 Å². The Balaban J connectivity index is 2.54. The fourth-order valence-electron chi connectivity index (χ4n) is 2.10. The van der Waals surface area contributed by atoms with Gasteiger partial charge in [-0.3, -0.25) is 4.79 Å². The fraction of sp³-hybridized carbons (Fsp3) is 0.0556. The molecule has 0 amide bonds. The van der Waals surface area contributed by atoms with Crippen molar-refractivity contribution in [3.8, 4) is 11.1 Å². The van der Waals surface area contributed by atoms with Gasteiger partial charge in [-0.1, -0.05) is 61.2 Å². The monoisotopic (exact) mass is 295 g/mol. The highest BCUT2D eigenvalue weighted by molar-refractivity contribution is 7.15. The Hall–Kier alpha value is -2.39. The summed E-state index contributed by atoms with van der Waals surface area (Å²) >= 11 is 1.39. The van der Waals surface area contributed by atoms with E-state index in [2.05, 4.69) is 6.58 Å². The lowest BCUT2D eigenvalue weighted by molar-refractivity contribution is 0.104. The molecular weight excluding hydrogens is 278 g/mol. The van der Waals surface area contributed by atoms with E-state index in [1.165, 1.54) is 11.3 Å². The Bertz CT molecular complexity index is 708. The van der Waals surface area contributed by atoms with Gasteiger partial charge in [0, 0.05) is 16.5 Å². The molecule has 0 atom stereocenters. The summed E-state index contributed by atoms with van der Waals surface area (Å²) in [7, 11) is 0. The van der Waals surface area contributed by atoms with E-state index in [1.54, 1.807) is 18.2 Å². The molecule has 1 aromatic heterocycles. The van der Waals surface area contributed by atoms with Crippen molar-refractivity contribution in [2.24, 2.45) is 0 Å². The number of hydrogen-bond acceptors (Lipinski definition) is 3. The van der Waals surface area contributed by atoms with E-state index >= 15 is 0 Å². The van der Waals surface area contributed by atoms with Crippen molar-refractivity contribution < 1.29 is 4.79 Å². The number of benzene rings is 1. The van der Waals surface area contributed by atoms with Gasteiger partial charge < -0.3 is 5.73 Å². The summed E-state index contributed by atoms with van der Waals surface area (Å²) in [5, 5.41) is 2.47. The maximum atomic E-state index is 12.8. The van der Waals surface area contributed by atoms with Crippen LogP contribution in [0.25, 0.3) is 11.1 Å². The molecule has 0 unspecified atom stereocenters. The van der Waals surface area contributed by atoms with Crippen LogP contribution in [0.1, 0.15) is 17.3 Å². The van der Waals surface area contributed by atoms with Gasteiger partial charge in [-0.05, 0) is 12.5 Å². The number of carbonyl (C=O) groups is 1. The number of carbonyl (C=O) groups excluding carboxylic acids is 1. The minimum absolute atomic E-state index is 0.0781. The predicted molar refractivity (Wildman–Crippen MR) is 91.6 cm³/mol. The summed E-state index contributed by atoms with van der Waals surface area (Å²) in [5.41, 5.74) is 9.05. The number of anilines is 1. The molecule has 2 N–H and O–H groups in total. The molecule has 0 spiro atoms. The van der Waals surface area contributed by atoms with Gasteiger partial charge in [-0.25, -0.2) is 0 Å². The SMILES string of the molecule is C=C/C=C(\C=C/C)C(=O)c1c(-c2ccccc2)csc1N. The molecule has 0 aliphatic heterocycles. The van der Waals surface area contributed by atoms with E-state index in [4.69, 9.17) is 5.73 Å². The Morgan fingerprint density at radius 3 is 2.62 bits per heavy atom. The molecule has 0 bridgehead atoms. The molecule has 0 radical (unpaired) electrons. The van der Waals surface area contributed by atoms with Gasteiger partial charge in [0.25, 0.3) is 0 Å². The molecule has 0 fully saturated rings. The second-order valence-corrected chi connectivity index (χ2v) is 5.35. The second kappa shape index (κ2) is 6.86. The number of ketones is 1. The van der Waals surface area contributed by atoms with Crippen molar-refractivity contribution >= 4 is 22.1 Å². The van der Waals surface area contributed by atoms with Gasteiger partial charge in [-0.15, -0.1) is 11.3 Å². The van der Waals surface area contributed by atoms with Crippen LogP contribution in [-0.2, 0) is 0 Å². The smallest absolute Gasteiger partial charge is 0.196 e. The topological polar surface area (TPSA) is 43.1 Å². The van der Waals surface area contributed by atoms with Gasteiger partial charge in [0.2, 0.25) is 0 Å². The molecule has 0 aliphatic rings. The lowest BCUT2D eigenvalue weighted by Crippen LogP contribution is -2.05. The normalized spacial score (nSPS) is 11.8. The van der Waals surface area contributed by atoms with Gasteiger partial charge >= 0.3 is 0 Å². The molecule has 21 heavy (non-hydrogen) atoms. The van der Waals surface area contributed by atoms with E-state index < -0.39 is 0 Å². The molecule has 0 aliphatic carbocycles. The maximum Gasteiger partial charge on any atom is 0.196 e. The van der Waals surface area contributed by atoms with Crippen LogP contribution in [0, 0.1) is 0 Å². The number of allylic oxidation sites excluding steroid dienone is 5. The highest BCUT2D eigenvalue weighted by atomic mass is 32.1. The predicted octanol–water partition coefficient (Wildman–Crippen LogP) is 4.87. The van der Waals surface area contributed by atoms with E-state index in [1.807, 2.05) is 48.7 Å². The Morgan fingerprint density at radius 2 is 2.00 bits per heavy atom. The zero-order valence-corrected chi connectivity index (χ0v) is 12.7. The largest absolute Gasteiger partial charge is 0.390 e. The average molecular weight is 295 g/mol. The number of thiophene rings is 1. The van der Waals surface area contributed by atoms with E-state index in [9.17, 15) is 4.79 Å². The van der Waals surface area contributed by atoms with Crippen LogP contribution < -0.4 is 5.73 Å². The first-order valence-corrected chi connectivity index (χ1v) is 7.49. The minimum atomic E-state index is -0.0781. The van der Waals surface area contributed by atoms with Crippen LogP contribution in [0.3, 0.4) is 0 Å². The lowest BCUT2D eigenvalue weighted by Gasteiger charge is -2.06. The number of rotatable bonds is 5. The molecule has 0 saturated heterocycles. The third-order valence-electron chi connectivity index (χ3n) is 3.04. The molecule has 2 aromatic rings. The van der Waals surface area contributed by atoms with Crippen molar-refractivity contribution in [3.63, 3.8) is 0 Å². The zero-order valence-electron chi connectivity index (χ0n) is 11.9. The third kappa shape index (κ3) is 3.20. The quantitative estimate of drug-likeness (QED) is 0.486. The first kappa shape index (κ1) is 15.0. The second-order valence-electron chi connectivity index (χ2n) is 4.44. The highest BCUT2D eigenvalue weighted by Crippen LogP contribution is 2.35. The van der Waals surface area contributed by atoms with Crippen molar-refractivity contribution in [2.45, 2.75) is 6.92 Å². The first-order chi connectivity index (χ1) is 10.2. The summed E-state index contributed by atoms with van der Waals surface area (Å²) in [6, 6.07) is 9.80. The molecule has 2 nitrogen and oxygen atoms in total. The van der Waals surface area contributed by atoms with Gasteiger partial charge in [0.05, 0.1) is 10.6 Å². The molecule has 0 saturated carbocycles. The Labute approximate surface area is 128 Å². The zero-order chi connectivity index (χ0) is 15.2. The van der Waals surface area contributed by atoms with Gasteiger partial charge in [0.15, 0.2) is 5.78 Å². The number of nitrogen functional groups attached to an aromatic ring is 1. The molecule has 2 rings (SSSR count). The third-order valence-corrected chi connectivity index (χ3v) is 3.85. The van der Waals surface area contributed by atoms with Crippen LogP contribution in [0.2, 0.25) is 0 Å². The van der Waals surface area contributed by atoms with Gasteiger partial charge in [0.1, 0.15) is 0 Å². The van der Waals surface area contributed by atoms with E-state index in [0.717, 1.165) is 11.1 Å². The summed E-state index contributed by atoms with van der Waals surface area (Å²) in [6.45, 7) is 5.53. The molecule has 3 heteroatoms. The van der Waals surface area contributed by atoms with Crippen LogP contribution in [0.5, 0.6) is 0 Å². The molecule has 1 aromatic carbocycles. The summed E-state index contributed by atoms with van der Waals surface area (Å²) in [4.78, 5) is 12.8. The molecule has 106 valence electrons. The van der Waals surface area contributed by atoms with Crippen molar-refractivity contribution in [2.75, 3.05) is 5.73 Å². The van der Waals surface area contributed by atoms with Crippen LogP contribution in [0.4, 0.5) is 5.00 Å². The average Bonchev–Trinajstić information content (AvgIpc) is 2.89. The van der Waals surface area contributed by atoms with E-state index in [-0.39, 0.29) is 5.78 Å². The van der Waals surface area contributed by atoms with Gasteiger partial charge in [-0.2, -0.15) is 0 Å². The summed E-state index contributed by atoms with van der Waals surface area (Å²) in [5.74, 6) is -0.0781. The van der Waals surface area contributed by atoms with Crippen LogP contribution in [-0.4, -0.2) is 5.78 Å². The number of Topliss-reactive ketones (excluding diaryl/α,β-unsaturated/α-hetero) is 1. The highest BCUT2D eigenvalue weighted by Gasteiger charge is 2.20. The first-order valence-electron chi connectivity index (χ1n) is 6.61. The van der Waals surface area contributed by atoms with Crippen molar-refractivity contribution in [1.29, 1.82) is 0 Å². The summed E-state index contributed by atoms with van der Waals surface area (Å²) in [6.07, 6.45) is 6.92. The number of nitrogens with two attached hydrogens (primary N) is 1. The Kier molecular flexibility index (Phi) is 4.90. The Morgan fingerprint density at radius 1 is 1.29 bits per heavy atom. The summed E-state index contributed by atoms with van der Waals surface area (Å²) < 4.78 is 0. The number of hydrogen-bond donors (Lipinski definition) is 1. The fourth-order valence-corrected chi connectivity index (χ4v) is 2.91. The molecular formula is C18H17NOS. The van der Waals surface area contributed by atoms with Crippen LogP contribution >= 0.6 is 11.3 Å². The molecule has 1 heterocycles.